The minimum atomic E-state index is -0.0723. The number of hydrogen-bond acceptors (Lipinski definition) is 3. The summed E-state index contributed by atoms with van der Waals surface area (Å²) < 4.78 is 0. The third-order valence-corrected chi connectivity index (χ3v) is 5.69. The molecule has 132 valence electrons. The summed E-state index contributed by atoms with van der Waals surface area (Å²) in [4.78, 5) is 17.3. The molecule has 1 aliphatic heterocycles. The molecule has 0 saturated carbocycles. The van der Waals surface area contributed by atoms with Crippen LogP contribution in [0.2, 0.25) is 0 Å². The molecule has 1 atom stereocenters. The smallest absolute Gasteiger partial charge is 0.240 e. The first-order valence-electron chi connectivity index (χ1n) is 9.28. The van der Waals surface area contributed by atoms with E-state index in [2.05, 4.69) is 46.3 Å². The van der Waals surface area contributed by atoms with E-state index in [-0.39, 0.29) is 11.9 Å². The van der Waals surface area contributed by atoms with Crippen LogP contribution in [-0.4, -0.2) is 45.5 Å². The molecule has 0 bridgehead atoms. The Labute approximate surface area is 149 Å². The van der Waals surface area contributed by atoms with Crippen molar-refractivity contribution in [3.63, 3.8) is 0 Å². The van der Waals surface area contributed by atoms with Crippen molar-refractivity contribution in [1.29, 1.82) is 0 Å². The molecule has 1 aliphatic carbocycles. The molecule has 0 saturated heterocycles. The number of likely N-dealkylation sites (N-methyl/N-ethyl adjacent to an activating group) is 2. The number of fused-ring (bicyclic) bond motifs is 2. The lowest BCUT2D eigenvalue weighted by Crippen LogP contribution is -2.50. The minimum Gasteiger partial charge on any atom is -0.338 e. The van der Waals surface area contributed by atoms with Crippen LogP contribution >= 0.6 is 0 Å². The molecule has 5 heteroatoms. The number of nitrogens with zero attached hydrogens (tertiary/aromatic N) is 3. The summed E-state index contributed by atoms with van der Waals surface area (Å²) in [5.41, 5.74) is 6.29. The quantitative estimate of drug-likeness (QED) is 0.931. The van der Waals surface area contributed by atoms with E-state index in [9.17, 15) is 4.79 Å². The highest BCUT2D eigenvalue weighted by atomic mass is 16.2. The predicted octanol–water partition coefficient (Wildman–Crippen LogP) is 2.30. The average molecular weight is 338 g/mol. The molecule has 0 unspecified atom stereocenters. The van der Waals surface area contributed by atoms with E-state index in [0.29, 0.717) is 6.54 Å². The van der Waals surface area contributed by atoms with Crippen LogP contribution in [-0.2, 0) is 37.1 Å². The second-order valence-electron chi connectivity index (χ2n) is 7.23. The fourth-order valence-corrected chi connectivity index (χ4v) is 4.23. The highest BCUT2D eigenvalue weighted by molar-refractivity contribution is 5.82. The van der Waals surface area contributed by atoms with E-state index >= 15 is 0 Å². The van der Waals surface area contributed by atoms with Crippen LogP contribution < -0.4 is 0 Å². The van der Waals surface area contributed by atoms with Crippen molar-refractivity contribution in [2.45, 2.75) is 51.7 Å². The van der Waals surface area contributed by atoms with E-state index < -0.39 is 0 Å². The van der Waals surface area contributed by atoms with Crippen LogP contribution in [0.5, 0.6) is 0 Å². The third kappa shape index (κ3) is 2.97. The summed E-state index contributed by atoms with van der Waals surface area (Å²) >= 11 is 0. The van der Waals surface area contributed by atoms with Crippen LogP contribution in [0.3, 0.4) is 0 Å². The SMILES string of the molecule is CCN1Cc2ccccc2C[C@H]1C(=O)N(C)Cc1n[nH]c2c1CCC2. The predicted molar refractivity (Wildman–Crippen MR) is 97.1 cm³/mol. The first-order valence-corrected chi connectivity index (χ1v) is 9.28. The third-order valence-electron chi connectivity index (χ3n) is 5.69. The highest BCUT2D eigenvalue weighted by Gasteiger charge is 2.32. The Hall–Kier alpha value is -2.14. The number of aryl methyl sites for hydroxylation is 1. The fourth-order valence-electron chi connectivity index (χ4n) is 4.23. The summed E-state index contributed by atoms with van der Waals surface area (Å²) in [5, 5.41) is 7.59. The number of carbonyl (C=O) groups is 1. The maximum atomic E-state index is 13.1. The van der Waals surface area contributed by atoms with Gasteiger partial charge in [0.05, 0.1) is 18.3 Å². The van der Waals surface area contributed by atoms with Crippen LogP contribution in [0.15, 0.2) is 24.3 Å². The molecule has 25 heavy (non-hydrogen) atoms. The lowest BCUT2D eigenvalue weighted by atomic mass is 9.93. The van der Waals surface area contributed by atoms with Crippen LogP contribution in [0.4, 0.5) is 0 Å². The Morgan fingerprint density at radius 3 is 2.92 bits per heavy atom. The standard InChI is InChI=1S/C20H26N4O/c1-3-24-12-15-8-5-4-7-14(15)11-19(24)20(25)23(2)13-18-16-9-6-10-17(16)21-22-18/h4-5,7-8,19H,3,6,9-13H2,1-2H3,(H,21,22)/t19-/m0/s1. The summed E-state index contributed by atoms with van der Waals surface area (Å²) in [5.74, 6) is 0.200. The molecular weight excluding hydrogens is 312 g/mol. The number of rotatable bonds is 4. The van der Waals surface area contributed by atoms with Gasteiger partial charge in [0.1, 0.15) is 0 Å². The first-order chi connectivity index (χ1) is 12.2. The molecule has 5 nitrogen and oxygen atoms in total. The number of hydrogen-bond donors (Lipinski definition) is 1. The summed E-state index contributed by atoms with van der Waals surface area (Å²) in [6, 6.07) is 8.41. The topological polar surface area (TPSA) is 52.2 Å². The number of aromatic amines is 1. The molecule has 0 spiro atoms. The molecule has 1 aromatic heterocycles. The van der Waals surface area contributed by atoms with Gasteiger partial charge in [0.25, 0.3) is 0 Å². The molecule has 1 N–H and O–H groups in total. The van der Waals surface area contributed by atoms with Gasteiger partial charge in [-0.15, -0.1) is 0 Å². The van der Waals surface area contributed by atoms with E-state index in [1.54, 1.807) is 0 Å². The zero-order valence-corrected chi connectivity index (χ0v) is 15.1. The van der Waals surface area contributed by atoms with Crippen LogP contribution in [0.25, 0.3) is 0 Å². The summed E-state index contributed by atoms with van der Waals surface area (Å²) in [6.07, 6.45) is 4.16. The first kappa shape index (κ1) is 16.3. The molecule has 0 radical (unpaired) electrons. The number of benzene rings is 1. The van der Waals surface area contributed by atoms with Gasteiger partial charge >= 0.3 is 0 Å². The second-order valence-corrected chi connectivity index (χ2v) is 7.23. The van der Waals surface area contributed by atoms with Gasteiger partial charge in [-0.1, -0.05) is 31.2 Å². The van der Waals surface area contributed by atoms with Gasteiger partial charge in [-0.3, -0.25) is 14.8 Å². The van der Waals surface area contributed by atoms with Gasteiger partial charge in [0.15, 0.2) is 0 Å². The number of nitrogens with one attached hydrogen (secondary N) is 1. The molecule has 0 fully saturated rings. The molecule has 4 rings (SSSR count). The Balaban J connectivity index is 1.51. The highest BCUT2D eigenvalue weighted by Crippen LogP contribution is 2.26. The largest absolute Gasteiger partial charge is 0.338 e. The van der Waals surface area contributed by atoms with Gasteiger partial charge in [0, 0.05) is 19.3 Å². The molecule has 2 heterocycles. The van der Waals surface area contributed by atoms with Gasteiger partial charge in [-0.2, -0.15) is 5.10 Å². The molecule has 1 aromatic carbocycles. The number of amides is 1. The zero-order chi connectivity index (χ0) is 17.4. The molecule has 2 aromatic rings. The summed E-state index contributed by atoms with van der Waals surface area (Å²) in [7, 11) is 1.91. The Morgan fingerprint density at radius 1 is 1.32 bits per heavy atom. The summed E-state index contributed by atoms with van der Waals surface area (Å²) in [6.45, 7) is 4.47. The van der Waals surface area contributed by atoms with Gasteiger partial charge in [-0.05, 0) is 48.9 Å². The van der Waals surface area contributed by atoms with Crippen LogP contribution in [0, 0.1) is 0 Å². The maximum Gasteiger partial charge on any atom is 0.240 e. The van der Waals surface area contributed by atoms with Gasteiger partial charge < -0.3 is 4.90 Å². The van der Waals surface area contributed by atoms with E-state index in [1.807, 2.05) is 11.9 Å². The Bertz CT molecular complexity index is 782. The van der Waals surface area contributed by atoms with Crippen molar-refractivity contribution in [2.75, 3.05) is 13.6 Å². The molecular formula is C20H26N4O. The second kappa shape index (κ2) is 6.64. The lowest BCUT2D eigenvalue weighted by molar-refractivity contribution is -0.136. The van der Waals surface area contributed by atoms with Crippen molar-refractivity contribution in [3.8, 4) is 0 Å². The van der Waals surface area contributed by atoms with Crippen molar-refractivity contribution in [1.82, 2.24) is 20.0 Å². The normalized spacial score (nSPS) is 19.5. The Kier molecular flexibility index (Phi) is 4.34. The number of H-pyrrole nitrogens is 1. The lowest BCUT2D eigenvalue weighted by Gasteiger charge is -2.37. The van der Waals surface area contributed by atoms with E-state index in [0.717, 1.165) is 38.0 Å². The van der Waals surface area contributed by atoms with Crippen molar-refractivity contribution >= 4 is 5.91 Å². The van der Waals surface area contributed by atoms with Gasteiger partial charge in [-0.25, -0.2) is 0 Å². The average Bonchev–Trinajstić information content (AvgIpc) is 3.25. The van der Waals surface area contributed by atoms with Gasteiger partial charge in [0.2, 0.25) is 5.91 Å². The number of carbonyl (C=O) groups excluding carboxylic acids is 1. The van der Waals surface area contributed by atoms with E-state index in [4.69, 9.17) is 0 Å². The van der Waals surface area contributed by atoms with Crippen molar-refractivity contribution in [3.05, 3.63) is 52.3 Å². The zero-order valence-electron chi connectivity index (χ0n) is 15.1. The van der Waals surface area contributed by atoms with Crippen LogP contribution in [0.1, 0.15) is 41.4 Å². The van der Waals surface area contributed by atoms with Crippen molar-refractivity contribution < 1.29 is 4.79 Å². The fraction of sp³-hybridized carbons (Fsp3) is 0.500. The monoisotopic (exact) mass is 338 g/mol. The minimum absolute atomic E-state index is 0.0723. The number of aromatic nitrogens is 2. The van der Waals surface area contributed by atoms with Crippen molar-refractivity contribution in [2.24, 2.45) is 0 Å². The molecule has 2 aliphatic rings. The molecule has 1 amide bonds. The maximum absolute atomic E-state index is 13.1. The Morgan fingerprint density at radius 2 is 2.12 bits per heavy atom. The van der Waals surface area contributed by atoms with E-state index in [1.165, 1.54) is 28.8 Å².